The maximum absolute atomic E-state index is 14.4. The molecule has 0 aliphatic carbocycles. The zero-order valence-corrected chi connectivity index (χ0v) is 25.7. The second kappa shape index (κ2) is 14.8. The minimum absolute atomic E-state index is 0.0296. The second-order valence-corrected chi connectivity index (χ2v) is 11.1. The van der Waals surface area contributed by atoms with Gasteiger partial charge < -0.3 is 14.6 Å². The van der Waals surface area contributed by atoms with Crippen molar-refractivity contribution in [3.05, 3.63) is 140 Å². The minimum Gasteiger partial charge on any atom is -0.494 e. The standard InChI is InChI=1S/C33H30BrFN6O4/c34-28-8-3-1-6-24(28)20-33(32(43)40-37-21-22-10-14-25(35)15-11-22)30(27-7-2-4-9-29(27)39-41-36)45-31(38-33)23-12-16-26(17-13-23)44-19-5-18-42/h1-4,6-17,30,37,42H,5,18-21H2,(H,40,43)/t30-,33-/m0/s1. The lowest BCUT2D eigenvalue weighted by Crippen LogP contribution is -2.53. The Balaban J connectivity index is 1.56. The molecule has 0 aromatic heterocycles. The van der Waals surface area contributed by atoms with Crippen LogP contribution >= 0.6 is 15.9 Å². The van der Waals surface area contributed by atoms with Gasteiger partial charge in [-0.15, -0.1) is 0 Å². The largest absolute Gasteiger partial charge is 0.494 e. The molecule has 5 rings (SSSR count). The highest BCUT2D eigenvalue weighted by molar-refractivity contribution is 9.10. The molecule has 230 valence electrons. The molecule has 0 unspecified atom stereocenters. The maximum atomic E-state index is 14.4. The van der Waals surface area contributed by atoms with E-state index in [2.05, 4.69) is 36.8 Å². The Morgan fingerprint density at radius 3 is 2.53 bits per heavy atom. The summed E-state index contributed by atoms with van der Waals surface area (Å²) in [6.45, 7) is 0.625. The van der Waals surface area contributed by atoms with Gasteiger partial charge in [0.15, 0.2) is 11.6 Å². The number of aliphatic hydroxyl groups excluding tert-OH is 1. The number of hydrogen-bond donors (Lipinski definition) is 3. The highest BCUT2D eigenvalue weighted by Gasteiger charge is 2.54. The van der Waals surface area contributed by atoms with Crippen LogP contribution in [0.2, 0.25) is 0 Å². The number of hydrazine groups is 1. The van der Waals surface area contributed by atoms with Crippen LogP contribution in [0, 0.1) is 5.82 Å². The summed E-state index contributed by atoms with van der Waals surface area (Å²) in [7, 11) is 0. The van der Waals surface area contributed by atoms with Crippen LogP contribution in [0.5, 0.6) is 5.75 Å². The Labute approximate surface area is 267 Å². The predicted molar refractivity (Wildman–Crippen MR) is 171 cm³/mol. The number of nitrogens with one attached hydrogen (secondary N) is 2. The molecule has 0 fully saturated rings. The lowest BCUT2D eigenvalue weighted by Gasteiger charge is -2.31. The second-order valence-electron chi connectivity index (χ2n) is 10.2. The molecule has 2 atom stereocenters. The topological polar surface area (TPSA) is 141 Å². The van der Waals surface area contributed by atoms with E-state index in [4.69, 9.17) is 19.6 Å². The van der Waals surface area contributed by atoms with Crippen molar-refractivity contribution in [3.8, 4) is 5.75 Å². The summed E-state index contributed by atoms with van der Waals surface area (Å²) in [5.74, 6) is -0.0110. The number of azide groups is 1. The summed E-state index contributed by atoms with van der Waals surface area (Å²) in [5.41, 5.74) is 16.5. The van der Waals surface area contributed by atoms with Gasteiger partial charge >= 0.3 is 0 Å². The van der Waals surface area contributed by atoms with E-state index in [0.29, 0.717) is 35.6 Å². The van der Waals surface area contributed by atoms with Crippen molar-refractivity contribution < 1.29 is 23.8 Å². The van der Waals surface area contributed by atoms with Gasteiger partial charge in [-0.25, -0.2) is 14.8 Å². The molecule has 0 saturated carbocycles. The van der Waals surface area contributed by atoms with Crippen molar-refractivity contribution >= 4 is 33.4 Å². The number of ether oxygens (including phenoxy) is 2. The van der Waals surface area contributed by atoms with E-state index in [0.717, 1.165) is 15.6 Å². The number of carbonyl (C=O) groups is 1. The van der Waals surface area contributed by atoms with Crippen molar-refractivity contribution in [2.24, 2.45) is 10.1 Å². The van der Waals surface area contributed by atoms with Crippen LogP contribution in [0.4, 0.5) is 10.1 Å². The van der Waals surface area contributed by atoms with Gasteiger partial charge in [-0.3, -0.25) is 10.2 Å². The molecule has 1 aliphatic rings. The number of rotatable bonds is 13. The van der Waals surface area contributed by atoms with Crippen LogP contribution in [0.3, 0.4) is 0 Å². The molecule has 3 N–H and O–H groups in total. The average molecular weight is 674 g/mol. The van der Waals surface area contributed by atoms with E-state index in [1.807, 2.05) is 24.3 Å². The molecule has 4 aromatic rings. The molecule has 1 amide bonds. The number of halogens is 2. The van der Waals surface area contributed by atoms with Crippen LogP contribution in [0.1, 0.15) is 34.8 Å². The van der Waals surface area contributed by atoms with Crippen LogP contribution in [0.25, 0.3) is 10.4 Å². The van der Waals surface area contributed by atoms with Crippen LogP contribution < -0.4 is 15.6 Å². The zero-order chi connectivity index (χ0) is 31.6. The summed E-state index contributed by atoms with van der Waals surface area (Å²) >= 11 is 3.61. The Bertz CT molecular complexity index is 1710. The van der Waals surface area contributed by atoms with Crippen LogP contribution in [0.15, 0.2) is 112 Å². The molecular formula is C33H30BrFN6O4. The first-order valence-electron chi connectivity index (χ1n) is 14.2. The zero-order valence-electron chi connectivity index (χ0n) is 24.1. The predicted octanol–water partition coefficient (Wildman–Crippen LogP) is 6.61. The van der Waals surface area contributed by atoms with Gasteiger partial charge in [-0.05, 0) is 59.1 Å². The third-order valence-electron chi connectivity index (χ3n) is 7.23. The Morgan fingerprint density at radius 2 is 1.80 bits per heavy atom. The quantitative estimate of drug-likeness (QED) is 0.0482. The number of hydrogen-bond acceptors (Lipinski definition) is 7. The molecule has 0 saturated heterocycles. The first kappa shape index (κ1) is 31.7. The van der Waals surface area contributed by atoms with Crippen LogP contribution in [-0.4, -0.2) is 35.7 Å². The van der Waals surface area contributed by atoms with Crippen molar-refractivity contribution in [1.29, 1.82) is 0 Å². The van der Waals surface area contributed by atoms with E-state index in [-0.39, 0.29) is 31.3 Å². The highest BCUT2D eigenvalue weighted by atomic mass is 79.9. The summed E-state index contributed by atoms with van der Waals surface area (Å²) in [4.78, 5) is 22.4. The number of benzene rings is 4. The number of aliphatic hydroxyl groups is 1. The molecule has 10 nitrogen and oxygen atoms in total. The van der Waals surface area contributed by atoms with E-state index >= 15 is 0 Å². The minimum atomic E-state index is -1.56. The third kappa shape index (κ3) is 7.50. The average Bonchev–Trinajstić information content (AvgIpc) is 3.44. The first-order valence-corrected chi connectivity index (χ1v) is 15.0. The summed E-state index contributed by atoms with van der Waals surface area (Å²) in [6.07, 6.45) is -0.361. The Hall–Kier alpha value is -4.74. The van der Waals surface area contributed by atoms with Crippen molar-refractivity contribution in [3.63, 3.8) is 0 Å². The van der Waals surface area contributed by atoms with Crippen molar-refractivity contribution in [1.82, 2.24) is 10.9 Å². The number of carbonyl (C=O) groups excluding carboxylic acids is 1. The first-order chi connectivity index (χ1) is 21.9. The van der Waals surface area contributed by atoms with Crippen molar-refractivity contribution in [2.75, 3.05) is 13.2 Å². The van der Waals surface area contributed by atoms with Crippen LogP contribution in [-0.2, 0) is 22.5 Å². The molecule has 1 heterocycles. The third-order valence-corrected chi connectivity index (χ3v) is 8.00. The van der Waals surface area contributed by atoms with E-state index in [1.165, 1.54) is 12.1 Å². The lowest BCUT2D eigenvalue weighted by molar-refractivity contribution is -0.130. The van der Waals surface area contributed by atoms with Gasteiger partial charge in [0.1, 0.15) is 11.6 Å². The number of amides is 1. The monoisotopic (exact) mass is 672 g/mol. The molecule has 0 radical (unpaired) electrons. The van der Waals surface area contributed by atoms with E-state index in [9.17, 15) is 14.7 Å². The fourth-order valence-electron chi connectivity index (χ4n) is 4.98. The van der Waals surface area contributed by atoms with Crippen molar-refractivity contribution in [2.45, 2.75) is 31.0 Å². The molecule has 1 aliphatic heterocycles. The molecule has 0 spiro atoms. The van der Waals surface area contributed by atoms with Gasteiger partial charge in [0, 0.05) is 52.2 Å². The molecule has 45 heavy (non-hydrogen) atoms. The summed E-state index contributed by atoms with van der Waals surface area (Å²) in [6, 6.07) is 27.5. The fraction of sp³-hybridized carbons (Fsp3) is 0.212. The smallest absolute Gasteiger partial charge is 0.266 e. The lowest BCUT2D eigenvalue weighted by atomic mass is 9.81. The molecule has 4 aromatic carbocycles. The summed E-state index contributed by atoms with van der Waals surface area (Å²) < 4.78 is 26.4. The normalized spacial score (nSPS) is 17.1. The Morgan fingerprint density at radius 1 is 1.07 bits per heavy atom. The van der Waals surface area contributed by atoms with E-state index in [1.54, 1.807) is 60.7 Å². The maximum Gasteiger partial charge on any atom is 0.266 e. The van der Waals surface area contributed by atoms with Gasteiger partial charge in [0.2, 0.25) is 5.90 Å². The Kier molecular flexibility index (Phi) is 10.4. The fourth-order valence-corrected chi connectivity index (χ4v) is 5.40. The van der Waals surface area contributed by atoms with Gasteiger partial charge in [0.25, 0.3) is 5.91 Å². The molecular weight excluding hydrogens is 643 g/mol. The van der Waals surface area contributed by atoms with Gasteiger partial charge in [-0.1, -0.05) is 75.6 Å². The van der Waals surface area contributed by atoms with E-state index < -0.39 is 17.6 Å². The highest BCUT2D eigenvalue weighted by Crippen LogP contribution is 2.46. The molecule has 12 heteroatoms. The van der Waals surface area contributed by atoms with Gasteiger partial charge in [-0.2, -0.15) is 0 Å². The molecule has 0 bridgehead atoms. The van der Waals surface area contributed by atoms with Gasteiger partial charge in [0.05, 0.1) is 6.61 Å². The number of nitrogens with zero attached hydrogens (tertiary/aromatic N) is 4. The number of aliphatic imine (C=N–C) groups is 1. The SMILES string of the molecule is [N-]=[N+]=Nc1ccccc1[C@@H]1OC(c2ccc(OCCCO)cc2)=N[C@]1(Cc1ccccc1Br)C(=O)NNCc1ccc(F)cc1. The summed E-state index contributed by atoms with van der Waals surface area (Å²) in [5, 5.41) is 12.9.